The summed E-state index contributed by atoms with van der Waals surface area (Å²) < 4.78 is 0. The molecule has 0 aromatic heterocycles. The minimum absolute atomic E-state index is 0.0362. The van der Waals surface area contributed by atoms with Crippen molar-refractivity contribution >= 4 is 5.91 Å². The second-order valence-electron chi connectivity index (χ2n) is 5.77. The summed E-state index contributed by atoms with van der Waals surface area (Å²) in [4.78, 5) is 11.4. The van der Waals surface area contributed by atoms with Crippen molar-refractivity contribution in [3.05, 3.63) is 0 Å². The second kappa shape index (κ2) is 6.86. The molecule has 4 nitrogen and oxygen atoms in total. The van der Waals surface area contributed by atoms with Gasteiger partial charge < -0.3 is 16.2 Å². The zero-order chi connectivity index (χ0) is 12.8. The number of aliphatic hydroxyl groups is 1. The van der Waals surface area contributed by atoms with Crippen LogP contribution in [0.2, 0.25) is 0 Å². The Kier molecular flexibility index (Phi) is 6.60. The number of aliphatic hydroxyl groups excluding tert-OH is 1. The molecule has 2 unspecified atom stereocenters. The lowest BCUT2D eigenvalue weighted by Gasteiger charge is -2.22. The van der Waals surface area contributed by atoms with Crippen molar-refractivity contribution in [2.24, 2.45) is 17.1 Å². The average Bonchev–Trinajstić information content (AvgIpc) is 2.12. The highest BCUT2D eigenvalue weighted by Gasteiger charge is 2.17. The summed E-state index contributed by atoms with van der Waals surface area (Å²) in [6.45, 7) is 8.97. The third-order valence-corrected chi connectivity index (χ3v) is 2.32. The highest BCUT2D eigenvalue weighted by atomic mass is 16.3. The predicted octanol–water partition coefficient (Wildman–Crippen LogP) is 0.885. The van der Waals surface area contributed by atoms with Gasteiger partial charge >= 0.3 is 0 Å². The van der Waals surface area contributed by atoms with E-state index in [-0.39, 0.29) is 17.2 Å². The maximum Gasteiger partial charge on any atom is 0.220 e. The molecule has 0 rings (SSSR count). The first-order valence-corrected chi connectivity index (χ1v) is 5.89. The molecule has 0 aromatic rings. The molecule has 0 aromatic carbocycles. The Hall–Kier alpha value is -0.610. The maximum absolute atomic E-state index is 11.4. The van der Waals surface area contributed by atoms with Gasteiger partial charge in [-0.2, -0.15) is 0 Å². The fourth-order valence-electron chi connectivity index (χ4n) is 1.48. The molecular formula is C12H26N2O2. The number of carbonyl (C=O) groups excluding carboxylic acids is 1. The molecule has 0 saturated heterocycles. The predicted molar refractivity (Wildman–Crippen MR) is 65.9 cm³/mol. The number of nitrogens with one attached hydrogen (secondary N) is 1. The Balaban J connectivity index is 3.75. The lowest BCUT2D eigenvalue weighted by Crippen LogP contribution is -2.35. The van der Waals surface area contributed by atoms with Crippen molar-refractivity contribution in [3.63, 3.8) is 0 Å². The molecule has 0 fully saturated rings. The van der Waals surface area contributed by atoms with Crippen molar-refractivity contribution in [2.45, 2.75) is 46.6 Å². The van der Waals surface area contributed by atoms with E-state index in [1.54, 1.807) is 0 Å². The van der Waals surface area contributed by atoms with Crippen LogP contribution in [0.25, 0.3) is 0 Å². The normalized spacial score (nSPS) is 15.6. The molecule has 0 radical (unpaired) electrons. The van der Waals surface area contributed by atoms with Crippen LogP contribution in [0.15, 0.2) is 0 Å². The standard InChI is InChI=1S/C12H26N2O2/c1-9(7-13)5-11(16)14-8-10(15)6-12(2,3)4/h9-10,15H,5-8,13H2,1-4H3,(H,14,16). The molecule has 0 bridgehead atoms. The summed E-state index contributed by atoms with van der Waals surface area (Å²) in [7, 11) is 0. The first-order chi connectivity index (χ1) is 7.24. The van der Waals surface area contributed by atoms with E-state index >= 15 is 0 Å². The maximum atomic E-state index is 11.4. The van der Waals surface area contributed by atoms with Crippen LogP contribution in [0.4, 0.5) is 0 Å². The molecule has 4 heteroatoms. The summed E-state index contributed by atoms with van der Waals surface area (Å²) >= 11 is 0. The minimum atomic E-state index is -0.475. The molecule has 1 amide bonds. The minimum Gasteiger partial charge on any atom is -0.391 e. The third kappa shape index (κ3) is 8.68. The smallest absolute Gasteiger partial charge is 0.220 e. The van der Waals surface area contributed by atoms with Crippen LogP contribution in [0, 0.1) is 11.3 Å². The largest absolute Gasteiger partial charge is 0.391 e. The van der Waals surface area contributed by atoms with Gasteiger partial charge in [0.15, 0.2) is 0 Å². The van der Waals surface area contributed by atoms with Crippen LogP contribution in [0.3, 0.4) is 0 Å². The van der Waals surface area contributed by atoms with Gasteiger partial charge in [-0.25, -0.2) is 0 Å². The lowest BCUT2D eigenvalue weighted by atomic mass is 9.89. The zero-order valence-corrected chi connectivity index (χ0v) is 10.9. The number of nitrogens with two attached hydrogens (primary N) is 1. The molecule has 2 atom stereocenters. The van der Waals surface area contributed by atoms with Crippen LogP contribution in [0.1, 0.15) is 40.5 Å². The molecule has 16 heavy (non-hydrogen) atoms. The molecule has 96 valence electrons. The number of rotatable bonds is 6. The van der Waals surface area contributed by atoms with Crippen molar-refractivity contribution in [2.75, 3.05) is 13.1 Å². The number of hydrogen-bond donors (Lipinski definition) is 3. The number of carbonyl (C=O) groups is 1. The van der Waals surface area contributed by atoms with E-state index in [0.29, 0.717) is 25.9 Å². The van der Waals surface area contributed by atoms with Crippen molar-refractivity contribution in [3.8, 4) is 0 Å². The van der Waals surface area contributed by atoms with Crippen LogP contribution >= 0.6 is 0 Å². The fraction of sp³-hybridized carbons (Fsp3) is 0.917. The van der Waals surface area contributed by atoms with E-state index in [9.17, 15) is 9.90 Å². The van der Waals surface area contributed by atoms with Gasteiger partial charge in [0.05, 0.1) is 6.10 Å². The Morgan fingerprint density at radius 2 is 2.00 bits per heavy atom. The zero-order valence-electron chi connectivity index (χ0n) is 10.9. The topological polar surface area (TPSA) is 75.4 Å². The monoisotopic (exact) mass is 230 g/mol. The Morgan fingerprint density at radius 1 is 1.44 bits per heavy atom. The second-order valence-corrected chi connectivity index (χ2v) is 5.77. The summed E-state index contributed by atoms with van der Waals surface area (Å²) in [6, 6.07) is 0. The van der Waals surface area contributed by atoms with Gasteiger partial charge in [0.25, 0.3) is 0 Å². The van der Waals surface area contributed by atoms with E-state index < -0.39 is 6.10 Å². The Morgan fingerprint density at radius 3 is 2.44 bits per heavy atom. The molecule has 0 aliphatic rings. The molecule has 0 spiro atoms. The van der Waals surface area contributed by atoms with Crippen LogP contribution < -0.4 is 11.1 Å². The fourth-order valence-corrected chi connectivity index (χ4v) is 1.48. The summed E-state index contributed by atoms with van der Waals surface area (Å²) in [5.41, 5.74) is 5.51. The Labute approximate surface area is 98.6 Å². The van der Waals surface area contributed by atoms with Crippen LogP contribution in [-0.2, 0) is 4.79 Å². The van der Waals surface area contributed by atoms with Gasteiger partial charge in [0.1, 0.15) is 0 Å². The van der Waals surface area contributed by atoms with Gasteiger partial charge in [-0.1, -0.05) is 27.7 Å². The van der Waals surface area contributed by atoms with Gasteiger partial charge in [0, 0.05) is 13.0 Å². The summed E-state index contributed by atoms with van der Waals surface area (Å²) in [6.07, 6.45) is 0.635. The van der Waals surface area contributed by atoms with E-state index in [0.717, 1.165) is 0 Å². The molecule has 0 aliphatic heterocycles. The van der Waals surface area contributed by atoms with Gasteiger partial charge in [-0.3, -0.25) is 4.79 Å². The highest BCUT2D eigenvalue weighted by Crippen LogP contribution is 2.20. The summed E-state index contributed by atoms with van der Waals surface area (Å²) in [5, 5.41) is 12.4. The number of hydrogen-bond acceptors (Lipinski definition) is 3. The van der Waals surface area contributed by atoms with Crippen molar-refractivity contribution in [1.82, 2.24) is 5.32 Å². The van der Waals surface area contributed by atoms with Crippen LogP contribution in [-0.4, -0.2) is 30.2 Å². The van der Waals surface area contributed by atoms with E-state index in [2.05, 4.69) is 26.1 Å². The van der Waals surface area contributed by atoms with E-state index in [1.165, 1.54) is 0 Å². The molecule has 0 aliphatic carbocycles. The van der Waals surface area contributed by atoms with Crippen LogP contribution in [0.5, 0.6) is 0 Å². The molecular weight excluding hydrogens is 204 g/mol. The SMILES string of the molecule is CC(CN)CC(=O)NCC(O)CC(C)(C)C. The average molecular weight is 230 g/mol. The van der Waals surface area contributed by atoms with E-state index in [4.69, 9.17) is 5.73 Å². The number of amides is 1. The van der Waals surface area contributed by atoms with Gasteiger partial charge in [-0.15, -0.1) is 0 Å². The summed E-state index contributed by atoms with van der Waals surface area (Å²) in [5.74, 6) is 0.158. The highest BCUT2D eigenvalue weighted by molar-refractivity contribution is 5.76. The van der Waals surface area contributed by atoms with Gasteiger partial charge in [-0.05, 0) is 24.3 Å². The third-order valence-electron chi connectivity index (χ3n) is 2.32. The first-order valence-electron chi connectivity index (χ1n) is 5.89. The first kappa shape index (κ1) is 15.4. The quantitative estimate of drug-likeness (QED) is 0.634. The Bertz CT molecular complexity index is 212. The van der Waals surface area contributed by atoms with E-state index in [1.807, 2.05) is 6.92 Å². The lowest BCUT2D eigenvalue weighted by molar-refractivity contribution is -0.122. The molecule has 4 N–H and O–H groups in total. The molecule has 0 heterocycles. The van der Waals surface area contributed by atoms with Crippen molar-refractivity contribution in [1.29, 1.82) is 0 Å². The van der Waals surface area contributed by atoms with Gasteiger partial charge in [0.2, 0.25) is 5.91 Å². The van der Waals surface area contributed by atoms with Crippen molar-refractivity contribution < 1.29 is 9.90 Å². The molecule has 0 saturated carbocycles.